The molecular formula is C25H25FN2O3. The Morgan fingerprint density at radius 1 is 1.00 bits per heavy atom. The Labute approximate surface area is 180 Å². The van der Waals surface area contributed by atoms with Crippen molar-refractivity contribution in [3.05, 3.63) is 71.0 Å². The second-order valence-corrected chi connectivity index (χ2v) is 9.55. The van der Waals surface area contributed by atoms with Crippen molar-refractivity contribution in [3.8, 4) is 0 Å². The quantitative estimate of drug-likeness (QED) is 0.748. The molecule has 0 spiro atoms. The molecule has 3 aliphatic carbocycles. The van der Waals surface area contributed by atoms with E-state index in [9.17, 15) is 14.0 Å². The Balaban J connectivity index is 1.23. The molecule has 7 rings (SSSR count). The van der Waals surface area contributed by atoms with Gasteiger partial charge in [-0.1, -0.05) is 36.4 Å². The van der Waals surface area contributed by atoms with Gasteiger partial charge in [0.15, 0.2) is 0 Å². The summed E-state index contributed by atoms with van der Waals surface area (Å²) in [6.07, 6.45) is 4.28. The lowest BCUT2D eigenvalue weighted by Gasteiger charge is -2.71. The lowest BCUT2D eigenvalue weighted by molar-refractivity contribution is -0.260. The molecule has 4 fully saturated rings. The second-order valence-electron chi connectivity index (χ2n) is 9.55. The third-order valence-electron chi connectivity index (χ3n) is 7.61. The van der Waals surface area contributed by atoms with Crippen LogP contribution >= 0.6 is 0 Å². The largest absolute Gasteiger partial charge is 0.442 e. The number of hydrogen-bond donors (Lipinski definition) is 0. The first-order valence-corrected chi connectivity index (χ1v) is 11.1. The minimum absolute atomic E-state index is 0.0707. The van der Waals surface area contributed by atoms with E-state index in [0.717, 1.165) is 49.8 Å². The van der Waals surface area contributed by atoms with Gasteiger partial charge in [0.2, 0.25) is 5.91 Å². The normalized spacial score (nSPS) is 31.0. The van der Waals surface area contributed by atoms with Gasteiger partial charge >= 0.3 is 6.09 Å². The fourth-order valence-electron chi connectivity index (χ4n) is 6.20. The highest BCUT2D eigenvalue weighted by molar-refractivity contribution is 5.80. The number of carbonyl (C=O) groups excluding carboxylic acids is 2. The first kappa shape index (κ1) is 18.8. The summed E-state index contributed by atoms with van der Waals surface area (Å²) in [5.74, 6) is -0.0544. The van der Waals surface area contributed by atoms with E-state index in [2.05, 4.69) is 6.07 Å². The molecule has 2 aromatic carbocycles. The number of halogens is 1. The Kier molecular flexibility index (Phi) is 3.98. The highest BCUT2D eigenvalue weighted by Crippen LogP contribution is 2.66. The Hall–Kier alpha value is -2.89. The first-order chi connectivity index (χ1) is 15.0. The number of carbonyl (C=O) groups is 2. The van der Waals surface area contributed by atoms with E-state index in [1.165, 1.54) is 17.7 Å². The van der Waals surface area contributed by atoms with Gasteiger partial charge in [0.25, 0.3) is 0 Å². The average Bonchev–Trinajstić information content (AvgIpc) is 3.15. The summed E-state index contributed by atoms with van der Waals surface area (Å²) >= 11 is 0. The molecule has 31 heavy (non-hydrogen) atoms. The van der Waals surface area contributed by atoms with Crippen LogP contribution in [0.4, 0.5) is 9.18 Å². The van der Waals surface area contributed by atoms with Gasteiger partial charge in [-0.05, 0) is 41.7 Å². The molecule has 1 saturated heterocycles. The van der Waals surface area contributed by atoms with E-state index >= 15 is 0 Å². The summed E-state index contributed by atoms with van der Waals surface area (Å²) in [5.41, 5.74) is 2.65. The number of likely N-dealkylation sites (tertiary alicyclic amines) is 1. The van der Waals surface area contributed by atoms with Crippen LogP contribution in [0.1, 0.15) is 54.8 Å². The first-order valence-electron chi connectivity index (χ1n) is 11.1. The molecule has 5 aliphatic rings. The number of nitrogens with zero attached hydrogens (tertiary/aromatic N) is 2. The SMILES string of the molecule is O=C(OC12CC(N3CCCC3=O)(C1)C2)N1CCc2ccccc2[C@@H]1c1ccc(F)cc1. The van der Waals surface area contributed by atoms with E-state index < -0.39 is 5.60 Å². The molecule has 0 unspecified atom stereocenters. The maximum absolute atomic E-state index is 13.5. The van der Waals surface area contributed by atoms with Crippen molar-refractivity contribution in [1.82, 2.24) is 9.80 Å². The summed E-state index contributed by atoms with van der Waals surface area (Å²) in [7, 11) is 0. The number of ether oxygens (including phenoxy) is 1. The molecule has 2 aromatic rings. The lowest BCUT2D eigenvalue weighted by atomic mass is 9.45. The Morgan fingerprint density at radius 2 is 1.74 bits per heavy atom. The summed E-state index contributed by atoms with van der Waals surface area (Å²) in [5, 5.41) is 0. The third kappa shape index (κ3) is 2.80. The molecule has 5 nitrogen and oxygen atoms in total. The van der Waals surface area contributed by atoms with Gasteiger partial charge in [0.05, 0.1) is 11.6 Å². The van der Waals surface area contributed by atoms with Crippen LogP contribution in [-0.2, 0) is 16.0 Å². The van der Waals surface area contributed by atoms with Crippen LogP contribution in [0.25, 0.3) is 0 Å². The van der Waals surface area contributed by atoms with Gasteiger partial charge in [0, 0.05) is 38.8 Å². The summed E-state index contributed by atoms with van der Waals surface area (Å²) in [6.45, 7) is 1.39. The average molecular weight is 420 g/mol. The second kappa shape index (κ2) is 6.55. The van der Waals surface area contributed by atoms with Gasteiger partial charge < -0.3 is 9.64 Å². The van der Waals surface area contributed by atoms with Crippen molar-refractivity contribution >= 4 is 12.0 Å². The summed E-state index contributed by atoms with van der Waals surface area (Å²) in [4.78, 5) is 29.3. The lowest BCUT2D eigenvalue weighted by Crippen LogP contribution is -2.80. The van der Waals surface area contributed by atoms with Crippen LogP contribution in [0.3, 0.4) is 0 Å². The van der Waals surface area contributed by atoms with E-state index in [1.807, 2.05) is 23.1 Å². The van der Waals surface area contributed by atoms with Crippen LogP contribution < -0.4 is 0 Å². The van der Waals surface area contributed by atoms with Crippen molar-refractivity contribution in [1.29, 1.82) is 0 Å². The fourth-order valence-corrected chi connectivity index (χ4v) is 6.20. The smallest absolute Gasteiger partial charge is 0.411 e. The van der Waals surface area contributed by atoms with Gasteiger partial charge in [0.1, 0.15) is 11.4 Å². The molecule has 2 bridgehead atoms. The monoisotopic (exact) mass is 420 g/mol. The molecule has 2 aliphatic heterocycles. The number of fused-ring (bicyclic) bond motifs is 1. The number of rotatable bonds is 3. The predicted molar refractivity (Wildman–Crippen MR) is 112 cm³/mol. The van der Waals surface area contributed by atoms with Crippen LogP contribution in [0, 0.1) is 5.82 Å². The predicted octanol–water partition coefficient (Wildman–Crippen LogP) is 4.21. The minimum Gasteiger partial charge on any atom is -0.442 e. The van der Waals surface area contributed by atoms with Crippen molar-refractivity contribution in [2.45, 2.75) is 55.7 Å². The number of benzene rings is 2. The summed E-state index contributed by atoms with van der Waals surface area (Å²) < 4.78 is 19.6. The van der Waals surface area contributed by atoms with E-state index in [4.69, 9.17) is 4.74 Å². The molecular weight excluding hydrogens is 395 g/mol. The zero-order valence-electron chi connectivity index (χ0n) is 17.4. The van der Waals surface area contributed by atoms with Crippen molar-refractivity contribution in [2.75, 3.05) is 13.1 Å². The third-order valence-corrected chi connectivity index (χ3v) is 7.61. The maximum atomic E-state index is 13.5. The molecule has 1 atom stereocenters. The highest BCUT2D eigenvalue weighted by atomic mass is 19.1. The van der Waals surface area contributed by atoms with Crippen LogP contribution in [0.5, 0.6) is 0 Å². The minimum atomic E-state index is -0.426. The molecule has 2 amide bonds. The van der Waals surface area contributed by atoms with Crippen molar-refractivity contribution in [2.24, 2.45) is 0 Å². The zero-order chi connectivity index (χ0) is 21.2. The van der Waals surface area contributed by atoms with Crippen LogP contribution in [-0.4, -0.2) is 46.0 Å². The van der Waals surface area contributed by atoms with Gasteiger partial charge in [-0.15, -0.1) is 0 Å². The molecule has 160 valence electrons. The highest BCUT2D eigenvalue weighted by Gasteiger charge is 2.74. The summed E-state index contributed by atoms with van der Waals surface area (Å²) in [6, 6.07) is 14.2. The van der Waals surface area contributed by atoms with Gasteiger partial charge in [-0.2, -0.15) is 0 Å². The number of hydrogen-bond acceptors (Lipinski definition) is 3. The molecule has 2 heterocycles. The molecule has 0 N–H and O–H groups in total. The van der Waals surface area contributed by atoms with Crippen molar-refractivity contribution in [3.63, 3.8) is 0 Å². The van der Waals surface area contributed by atoms with Crippen LogP contribution in [0.15, 0.2) is 48.5 Å². The van der Waals surface area contributed by atoms with E-state index in [0.29, 0.717) is 13.0 Å². The van der Waals surface area contributed by atoms with Crippen molar-refractivity contribution < 1.29 is 18.7 Å². The topological polar surface area (TPSA) is 49.9 Å². The fraction of sp³-hybridized carbons (Fsp3) is 0.440. The van der Waals surface area contributed by atoms with E-state index in [1.54, 1.807) is 17.0 Å². The molecule has 0 aromatic heterocycles. The molecule has 6 heteroatoms. The van der Waals surface area contributed by atoms with E-state index in [-0.39, 0.29) is 29.4 Å². The molecule has 0 radical (unpaired) electrons. The van der Waals surface area contributed by atoms with Gasteiger partial charge in [-0.3, -0.25) is 9.69 Å². The standard InChI is InChI=1S/C25H25FN2O3/c26-19-9-7-18(8-10-19)22-20-5-2-1-4-17(20)11-13-27(22)23(30)31-25-14-24(15-25,16-25)28-12-3-6-21(28)29/h1-2,4-5,7-10,22H,3,6,11-16H2/t22-,24?,25?/m0/s1. The number of amides is 2. The van der Waals surface area contributed by atoms with Gasteiger partial charge in [-0.25, -0.2) is 9.18 Å². The Bertz CT molecular complexity index is 1050. The van der Waals surface area contributed by atoms with Crippen LogP contribution in [0.2, 0.25) is 0 Å². The maximum Gasteiger partial charge on any atom is 0.411 e. The Morgan fingerprint density at radius 3 is 2.45 bits per heavy atom. The zero-order valence-corrected chi connectivity index (χ0v) is 17.4. The molecule has 3 saturated carbocycles.